The first-order chi connectivity index (χ1) is 9.79. The van der Waals surface area contributed by atoms with Gasteiger partial charge in [-0.1, -0.05) is 23.7 Å². The Morgan fingerprint density at radius 1 is 1.14 bits per heavy atom. The van der Waals surface area contributed by atoms with Crippen LogP contribution in [0.1, 0.15) is 16.7 Å². The first-order valence-corrected chi connectivity index (χ1v) is 9.24. The second kappa shape index (κ2) is 6.64. The summed E-state index contributed by atoms with van der Waals surface area (Å²) in [7, 11) is -3.55. The highest BCUT2D eigenvalue weighted by Gasteiger charge is 2.17. The van der Waals surface area contributed by atoms with E-state index in [0.717, 1.165) is 14.7 Å². The summed E-state index contributed by atoms with van der Waals surface area (Å²) < 4.78 is 28.5. The molecule has 0 aliphatic heterocycles. The molecule has 2 aromatic rings. The summed E-state index contributed by atoms with van der Waals surface area (Å²) >= 11 is 8.21. The molecule has 6 heteroatoms. The van der Waals surface area contributed by atoms with Crippen molar-refractivity contribution in [1.82, 2.24) is 4.72 Å². The summed E-state index contributed by atoms with van der Waals surface area (Å²) in [5.74, 6) is 0. The lowest BCUT2D eigenvalue weighted by molar-refractivity contribution is 0.580. The first-order valence-electron chi connectivity index (χ1n) is 6.30. The number of hydrogen-bond acceptors (Lipinski definition) is 2. The fourth-order valence-electron chi connectivity index (χ4n) is 1.95. The SMILES string of the molecule is Cc1cc(S(=O)(=O)NCc2cccc(I)c2)c(C)cc1Cl. The highest BCUT2D eigenvalue weighted by molar-refractivity contribution is 14.1. The van der Waals surface area contributed by atoms with Gasteiger partial charge in [0, 0.05) is 15.1 Å². The van der Waals surface area contributed by atoms with Gasteiger partial charge in [0.15, 0.2) is 0 Å². The lowest BCUT2D eigenvalue weighted by Crippen LogP contribution is -2.24. The Morgan fingerprint density at radius 3 is 2.52 bits per heavy atom. The molecule has 0 heterocycles. The molecular weight excluding hydrogens is 421 g/mol. The third-order valence-electron chi connectivity index (χ3n) is 3.10. The Kier molecular flexibility index (Phi) is 5.29. The van der Waals surface area contributed by atoms with Crippen molar-refractivity contribution in [2.24, 2.45) is 0 Å². The number of rotatable bonds is 4. The van der Waals surface area contributed by atoms with E-state index >= 15 is 0 Å². The Morgan fingerprint density at radius 2 is 1.86 bits per heavy atom. The Hall–Kier alpha value is -0.630. The van der Waals surface area contributed by atoms with E-state index in [9.17, 15) is 8.42 Å². The zero-order chi connectivity index (χ0) is 15.6. The normalized spacial score (nSPS) is 11.6. The molecule has 0 atom stereocenters. The lowest BCUT2D eigenvalue weighted by atomic mass is 10.2. The molecule has 112 valence electrons. The minimum Gasteiger partial charge on any atom is -0.207 e. The maximum atomic E-state index is 12.4. The van der Waals surface area contributed by atoms with E-state index in [1.54, 1.807) is 26.0 Å². The number of aryl methyl sites for hydroxylation is 2. The minimum absolute atomic E-state index is 0.264. The molecule has 0 saturated heterocycles. The molecule has 21 heavy (non-hydrogen) atoms. The van der Waals surface area contributed by atoms with Gasteiger partial charge in [-0.25, -0.2) is 13.1 Å². The summed E-state index contributed by atoms with van der Waals surface area (Å²) in [4.78, 5) is 0.273. The number of halogens is 2. The van der Waals surface area contributed by atoms with Crippen LogP contribution < -0.4 is 4.72 Å². The molecule has 0 amide bonds. The van der Waals surface area contributed by atoms with Crippen LogP contribution >= 0.6 is 34.2 Å². The zero-order valence-corrected chi connectivity index (χ0v) is 15.4. The molecule has 3 nitrogen and oxygen atoms in total. The van der Waals surface area contributed by atoms with Crippen LogP contribution in [0.2, 0.25) is 5.02 Å². The van der Waals surface area contributed by atoms with Gasteiger partial charge >= 0.3 is 0 Å². The van der Waals surface area contributed by atoms with Gasteiger partial charge in [-0.05, 0) is 77.4 Å². The van der Waals surface area contributed by atoms with Crippen molar-refractivity contribution in [2.45, 2.75) is 25.3 Å². The predicted molar refractivity (Wildman–Crippen MR) is 94.1 cm³/mol. The van der Waals surface area contributed by atoms with Crippen molar-refractivity contribution in [3.63, 3.8) is 0 Å². The monoisotopic (exact) mass is 435 g/mol. The van der Waals surface area contributed by atoms with Gasteiger partial charge in [-0.15, -0.1) is 0 Å². The topological polar surface area (TPSA) is 46.2 Å². The third kappa shape index (κ3) is 4.18. The average Bonchev–Trinajstić information content (AvgIpc) is 2.41. The Balaban J connectivity index is 2.25. The molecule has 0 spiro atoms. The van der Waals surface area contributed by atoms with Crippen LogP contribution in [0.4, 0.5) is 0 Å². The number of nitrogens with one attached hydrogen (secondary N) is 1. The largest absolute Gasteiger partial charge is 0.241 e. The quantitative estimate of drug-likeness (QED) is 0.737. The Labute approximate surface area is 143 Å². The van der Waals surface area contributed by atoms with E-state index in [1.165, 1.54) is 0 Å². The molecule has 0 aromatic heterocycles. The zero-order valence-electron chi connectivity index (χ0n) is 11.7. The van der Waals surface area contributed by atoms with E-state index in [2.05, 4.69) is 27.3 Å². The molecule has 0 saturated carbocycles. The number of benzene rings is 2. The number of sulfonamides is 1. The van der Waals surface area contributed by atoms with Gasteiger partial charge in [0.1, 0.15) is 0 Å². The van der Waals surface area contributed by atoms with Crippen molar-refractivity contribution in [1.29, 1.82) is 0 Å². The highest BCUT2D eigenvalue weighted by atomic mass is 127. The van der Waals surface area contributed by atoms with E-state index < -0.39 is 10.0 Å². The van der Waals surface area contributed by atoms with Crippen LogP contribution in [0.3, 0.4) is 0 Å². The summed E-state index contributed by atoms with van der Waals surface area (Å²) in [5.41, 5.74) is 2.31. The molecule has 0 bridgehead atoms. The molecule has 0 aliphatic carbocycles. The fraction of sp³-hybridized carbons (Fsp3) is 0.200. The van der Waals surface area contributed by atoms with Crippen molar-refractivity contribution < 1.29 is 8.42 Å². The Bertz CT molecular complexity index is 775. The molecule has 0 radical (unpaired) electrons. The van der Waals surface area contributed by atoms with Crippen LogP contribution in [0.25, 0.3) is 0 Å². The maximum absolute atomic E-state index is 12.4. The van der Waals surface area contributed by atoms with Gasteiger partial charge in [0.05, 0.1) is 4.90 Å². The minimum atomic E-state index is -3.55. The molecule has 2 aromatic carbocycles. The van der Waals surface area contributed by atoms with Crippen LogP contribution in [-0.4, -0.2) is 8.42 Å². The van der Waals surface area contributed by atoms with Gasteiger partial charge in [-0.2, -0.15) is 0 Å². The second-order valence-corrected chi connectivity index (χ2v) is 8.21. The maximum Gasteiger partial charge on any atom is 0.241 e. The third-order valence-corrected chi connectivity index (χ3v) is 5.72. The first kappa shape index (κ1) is 16.7. The highest BCUT2D eigenvalue weighted by Crippen LogP contribution is 2.24. The molecule has 2 rings (SSSR count). The van der Waals surface area contributed by atoms with E-state index in [4.69, 9.17) is 11.6 Å². The van der Waals surface area contributed by atoms with Gasteiger partial charge in [0.25, 0.3) is 0 Å². The predicted octanol–water partition coefficient (Wildman–Crippen LogP) is 4.04. The van der Waals surface area contributed by atoms with E-state index in [1.807, 2.05) is 24.3 Å². The van der Waals surface area contributed by atoms with Gasteiger partial charge in [-0.3, -0.25) is 0 Å². The molecule has 1 N–H and O–H groups in total. The van der Waals surface area contributed by atoms with Gasteiger partial charge in [0.2, 0.25) is 10.0 Å². The summed E-state index contributed by atoms with van der Waals surface area (Å²) in [6.07, 6.45) is 0. The summed E-state index contributed by atoms with van der Waals surface area (Å²) in [5, 5.41) is 0.573. The van der Waals surface area contributed by atoms with Crippen molar-refractivity contribution in [2.75, 3.05) is 0 Å². The lowest BCUT2D eigenvalue weighted by Gasteiger charge is -2.11. The molecular formula is C15H15ClINO2S. The smallest absolute Gasteiger partial charge is 0.207 e. The summed E-state index contributed by atoms with van der Waals surface area (Å²) in [6, 6.07) is 11.0. The van der Waals surface area contributed by atoms with E-state index in [0.29, 0.717) is 10.6 Å². The molecule has 0 aliphatic rings. The molecule has 0 fully saturated rings. The van der Waals surface area contributed by atoms with E-state index in [-0.39, 0.29) is 11.4 Å². The van der Waals surface area contributed by atoms with Crippen LogP contribution in [0, 0.1) is 17.4 Å². The average molecular weight is 436 g/mol. The van der Waals surface area contributed by atoms with Gasteiger partial charge < -0.3 is 0 Å². The van der Waals surface area contributed by atoms with Crippen molar-refractivity contribution >= 4 is 44.2 Å². The fourth-order valence-corrected chi connectivity index (χ4v) is 4.10. The second-order valence-electron chi connectivity index (χ2n) is 4.82. The number of hydrogen-bond donors (Lipinski definition) is 1. The standard InChI is InChI=1S/C15H15ClINO2S/c1-10-7-15(11(2)6-14(10)16)21(19,20)18-9-12-4-3-5-13(17)8-12/h3-8,18H,9H2,1-2H3. The van der Waals surface area contributed by atoms with Crippen molar-refractivity contribution in [3.05, 3.63) is 61.7 Å². The van der Waals surface area contributed by atoms with Crippen molar-refractivity contribution in [3.8, 4) is 0 Å². The summed E-state index contributed by atoms with van der Waals surface area (Å²) in [6.45, 7) is 3.80. The van der Waals surface area contributed by atoms with Crippen LogP contribution in [0.5, 0.6) is 0 Å². The molecule has 0 unspecified atom stereocenters. The van der Waals surface area contributed by atoms with Crippen LogP contribution in [-0.2, 0) is 16.6 Å². The van der Waals surface area contributed by atoms with Crippen LogP contribution in [0.15, 0.2) is 41.3 Å².